The van der Waals surface area contributed by atoms with Crippen molar-refractivity contribution in [2.75, 3.05) is 10.6 Å². The van der Waals surface area contributed by atoms with Gasteiger partial charge in [0.05, 0.1) is 11.0 Å². The van der Waals surface area contributed by atoms with Gasteiger partial charge < -0.3 is 5.32 Å². The van der Waals surface area contributed by atoms with Crippen molar-refractivity contribution in [3.63, 3.8) is 0 Å². The Hall–Kier alpha value is -3.68. The lowest BCUT2D eigenvalue weighted by Crippen LogP contribution is -2.19. The lowest BCUT2D eigenvalue weighted by molar-refractivity contribution is 0.262. The number of nitrogens with one attached hydrogen (secondary N) is 3. The van der Waals surface area contributed by atoms with Crippen molar-refractivity contribution >= 4 is 28.6 Å². The van der Waals surface area contributed by atoms with E-state index in [1.54, 1.807) is 18.5 Å². The summed E-state index contributed by atoms with van der Waals surface area (Å²) in [5.74, 6) is 0.156. The molecular weight excluding hydrogens is 383 g/mol. The van der Waals surface area contributed by atoms with Crippen LogP contribution < -0.4 is 10.6 Å². The Morgan fingerprint density at radius 2 is 1.83 bits per heavy atom. The fourth-order valence-corrected chi connectivity index (χ4v) is 3.26. The van der Waals surface area contributed by atoms with Gasteiger partial charge in [0.25, 0.3) is 0 Å². The number of anilines is 2. The molecule has 0 aliphatic carbocycles. The molecule has 0 aliphatic rings. The van der Waals surface area contributed by atoms with Crippen LogP contribution in [0.5, 0.6) is 0 Å². The van der Waals surface area contributed by atoms with E-state index in [0.717, 1.165) is 22.5 Å². The summed E-state index contributed by atoms with van der Waals surface area (Å²) < 4.78 is 15.5. The summed E-state index contributed by atoms with van der Waals surface area (Å²) in [7, 11) is 0. The molecule has 154 valence electrons. The number of aryl methyl sites for hydroxylation is 1. The van der Waals surface area contributed by atoms with Gasteiger partial charge in [0.2, 0.25) is 0 Å². The predicted molar refractivity (Wildman–Crippen MR) is 116 cm³/mol. The number of carbonyl (C=O) groups excluding carboxylic acids is 1. The molecule has 0 saturated carbocycles. The lowest BCUT2D eigenvalue weighted by Gasteiger charge is -2.14. The Balaban J connectivity index is 1.48. The summed E-state index contributed by atoms with van der Waals surface area (Å²) >= 11 is 0. The number of fused-ring (bicyclic) bond motifs is 1. The van der Waals surface area contributed by atoms with Gasteiger partial charge in [-0.2, -0.15) is 5.10 Å². The molecule has 0 unspecified atom stereocenters. The highest BCUT2D eigenvalue weighted by atomic mass is 19.1. The van der Waals surface area contributed by atoms with Crippen LogP contribution in [0.1, 0.15) is 32.0 Å². The first-order chi connectivity index (χ1) is 14.2. The zero-order valence-corrected chi connectivity index (χ0v) is 17.2. The Kier molecular flexibility index (Phi) is 4.77. The molecule has 8 heteroatoms. The summed E-state index contributed by atoms with van der Waals surface area (Å²) in [6.45, 7) is 8.04. The highest BCUT2D eigenvalue weighted by Gasteiger charge is 2.17. The Labute approximate surface area is 173 Å². The Morgan fingerprint density at radius 3 is 2.50 bits per heavy atom. The molecule has 4 aromatic rings. The predicted octanol–water partition coefficient (Wildman–Crippen LogP) is 5.14. The molecule has 2 aromatic heterocycles. The summed E-state index contributed by atoms with van der Waals surface area (Å²) in [5.41, 5.74) is 4.60. The number of H-pyrrole nitrogens is 1. The van der Waals surface area contributed by atoms with Crippen LogP contribution in [0.3, 0.4) is 0 Å². The van der Waals surface area contributed by atoms with E-state index in [1.165, 1.54) is 12.1 Å². The number of carbonyl (C=O) groups is 1. The van der Waals surface area contributed by atoms with Crippen LogP contribution in [0.25, 0.3) is 16.7 Å². The molecule has 0 aliphatic heterocycles. The Morgan fingerprint density at radius 1 is 1.10 bits per heavy atom. The van der Waals surface area contributed by atoms with Gasteiger partial charge >= 0.3 is 6.03 Å². The van der Waals surface area contributed by atoms with Gasteiger partial charge in [-0.3, -0.25) is 15.0 Å². The first-order valence-electron chi connectivity index (χ1n) is 9.58. The minimum Gasteiger partial charge on any atom is -0.308 e. The second kappa shape index (κ2) is 7.29. The average Bonchev–Trinajstić information content (AvgIpc) is 3.29. The van der Waals surface area contributed by atoms with Crippen LogP contribution in [-0.2, 0) is 5.41 Å². The maximum atomic E-state index is 13.6. The molecule has 2 amide bonds. The molecule has 2 heterocycles. The van der Waals surface area contributed by atoms with Gasteiger partial charge in [0.1, 0.15) is 12.1 Å². The summed E-state index contributed by atoms with van der Waals surface area (Å²) in [6.07, 6.45) is 1.66. The molecule has 2 aromatic carbocycles. The maximum Gasteiger partial charge on any atom is 0.324 e. The van der Waals surface area contributed by atoms with Gasteiger partial charge in [-0.25, -0.2) is 14.2 Å². The number of aromatic amines is 1. The van der Waals surface area contributed by atoms with Crippen molar-refractivity contribution in [1.82, 2.24) is 19.7 Å². The van der Waals surface area contributed by atoms with Crippen molar-refractivity contribution in [3.05, 3.63) is 65.9 Å². The number of rotatable bonds is 3. The highest BCUT2D eigenvalue weighted by molar-refractivity contribution is 5.99. The van der Waals surface area contributed by atoms with E-state index in [2.05, 4.69) is 46.6 Å². The first-order valence-corrected chi connectivity index (χ1v) is 9.58. The molecule has 0 radical (unpaired) electrons. The first kappa shape index (κ1) is 19.6. The summed E-state index contributed by atoms with van der Waals surface area (Å²) in [5, 5.41) is 12.6. The fraction of sp³-hybridized carbons (Fsp3) is 0.227. The van der Waals surface area contributed by atoms with E-state index in [1.807, 2.05) is 29.7 Å². The highest BCUT2D eigenvalue weighted by Crippen LogP contribution is 2.24. The molecule has 30 heavy (non-hydrogen) atoms. The van der Waals surface area contributed by atoms with Gasteiger partial charge in [0.15, 0.2) is 5.82 Å². The number of aromatic nitrogens is 4. The number of hydrogen-bond acceptors (Lipinski definition) is 3. The number of benzene rings is 2. The second-order valence-electron chi connectivity index (χ2n) is 8.25. The number of nitrogens with zero attached hydrogens (tertiary/aromatic N) is 3. The Bertz CT molecular complexity index is 1220. The van der Waals surface area contributed by atoms with E-state index in [-0.39, 0.29) is 17.3 Å². The lowest BCUT2D eigenvalue weighted by atomic mass is 9.92. The smallest absolute Gasteiger partial charge is 0.308 e. The molecule has 0 spiro atoms. The number of amides is 2. The van der Waals surface area contributed by atoms with Gasteiger partial charge in [-0.15, -0.1) is 0 Å². The van der Waals surface area contributed by atoms with Gasteiger partial charge in [-0.1, -0.05) is 20.8 Å². The van der Waals surface area contributed by atoms with Crippen molar-refractivity contribution < 1.29 is 9.18 Å². The molecule has 7 nitrogen and oxygen atoms in total. The second-order valence-corrected chi connectivity index (χ2v) is 8.25. The minimum absolute atomic E-state index is 0.0825. The van der Waals surface area contributed by atoms with Gasteiger partial charge in [-0.05, 0) is 42.8 Å². The SMILES string of the molecule is Cc1cc(F)cc2ncn(-c3ccc(NC(=O)Nc4cc(C(C)(C)C)[nH]n4)cc3)c12. The zero-order chi connectivity index (χ0) is 21.5. The average molecular weight is 406 g/mol. The summed E-state index contributed by atoms with van der Waals surface area (Å²) in [4.78, 5) is 16.6. The maximum absolute atomic E-state index is 13.6. The summed E-state index contributed by atoms with van der Waals surface area (Å²) in [6, 6.07) is 11.7. The van der Waals surface area contributed by atoms with E-state index in [4.69, 9.17) is 0 Å². The quantitative estimate of drug-likeness (QED) is 0.440. The molecule has 0 atom stereocenters. The van der Waals surface area contributed by atoms with Crippen LogP contribution in [0.4, 0.5) is 20.7 Å². The third-order valence-electron chi connectivity index (χ3n) is 4.83. The largest absolute Gasteiger partial charge is 0.324 e. The van der Waals surface area contributed by atoms with Crippen LogP contribution in [0, 0.1) is 12.7 Å². The number of hydrogen-bond donors (Lipinski definition) is 3. The molecule has 3 N–H and O–H groups in total. The van der Waals surface area contributed by atoms with Crippen molar-refractivity contribution in [2.45, 2.75) is 33.1 Å². The molecule has 0 fully saturated rings. The van der Waals surface area contributed by atoms with Crippen molar-refractivity contribution in [1.29, 1.82) is 0 Å². The van der Waals surface area contributed by atoms with Crippen LogP contribution in [0.15, 0.2) is 48.8 Å². The van der Waals surface area contributed by atoms with Crippen molar-refractivity contribution in [2.24, 2.45) is 0 Å². The van der Waals surface area contributed by atoms with Crippen LogP contribution in [-0.4, -0.2) is 25.8 Å². The normalized spacial score (nSPS) is 11.6. The molecular formula is C22H23FN6O. The number of halogens is 1. The number of urea groups is 1. The zero-order valence-electron chi connectivity index (χ0n) is 17.2. The monoisotopic (exact) mass is 406 g/mol. The topological polar surface area (TPSA) is 87.6 Å². The van der Waals surface area contributed by atoms with E-state index in [9.17, 15) is 9.18 Å². The fourth-order valence-electron chi connectivity index (χ4n) is 3.26. The molecule has 4 rings (SSSR count). The standard InChI is InChI=1S/C22H23FN6O/c1-13-9-14(23)10-17-20(13)29(12-24-17)16-7-5-15(6-8-16)25-21(30)26-19-11-18(27-28-19)22(2,3)4/h5-12H,1-4H3,(H3,25,26,27,28,30). The van der Waals surface area contributed by atoms with Crippen LogP contribution in [0.2, 0.25) is 0 Å². The molecule has 0 saturated heterocycles. The third-order valence-corrected chi connectivity index (χ3v) is 4.83. The molecule has 0 bridgehead atoms. The minimum atomic E-state index is -0.380. The van der Waals surface area contributed by atoms with E-state index >= 15 is 0 Å². The number of imidazole rings is 1. The van der Waals surface area contributed by atoms with E-state index < -0.39 is 0 Å². The van der Waals surface area contributed by atoms with Gasteiger partial charge in [0, 0.05) is 34.6 Å². The van der Waals surface area contributed by atoms with E-state index in [0.29, 0.717) is 17.0 Å². The third kappa shape index (κ3) is 3.89. The van der Waals surface area contributed by atoms with Crippen molar-refractivity contribution in [3.8, 4) is 5.69 Å². The van der Waals surface area contributed by atoms with Crippen LogP contribution >= 0.6 is 0 Å².